The number of oxime groups is 1. The molecule has 2 aromatic carbocycles. The average Bonchev–Trinajstić information content (AvgIpc) is 3.50. The number of hydrogen-bond donors (Lipinski definition) is 5. The molecule has 0 atom stereocenters. The SMILES string of the molecule is O=c1[nH]c(=O)n(-c2cc(Cl)c(Oc3ccc(O)c(S(=O)(=O)NC4(/C(=N/O)NC5CCCC5)CC4)c3)c(Cl)c2)nc1C(F)F. The molecule has 1 aromatic heterocycles. The van der Waals surface area contributed by atoms with Gasteiger partial charge in [0.25, 0.3) is 12.0 Å². The maximum Gasteiger partial charge on any atom is 0.349 e. The number of phenols is 1. The van der Waals surface area contributed by atoms with Crippen molar-refractivity contribution >= 4 is 39.1 Å². The Labute approximate surface area is 252 Å². The highest BCUT2D eigenvalue weighted by Crippen LogP contribution is 2.42. The molecule has 0 unspecified atom stereocenters. The van der Waals surface area contributed by atoms with E-state index in [4.69, 9.17) is 27.9 Å². The Kier molecular flexibility index (Phi) is 8.39. The van der Waals surface area contributed by atoms with E-state index < -0.39 is 49.6 Å². The summed E-state index contributed by atoms with van der Waals surface area (Å²) in [6.07, 6.45) is 1.21. The first-order chi connectivity index (χ1) is 20.3. The van der Waals surface area contributed by atoms with Gasteiger partial charge in [-0.3, -0.25) is 9.78 Å². The van der Waals surface area contributed by atoms with E-state index in [9.17, 15) is 37.1 Å². The highest BCUT2D eigenvalue weighted by molar-refractivity contribution is 7.89. The summed E-state index contributed by atoms with van der Waals surface area (Å²) in [6, 6.07) is 5.61. The lowest BCUT2D eigenvalue weighted by molar-refractivity contribution is 0.141. The maximum atomic E-state index is 13.4. The molecule has 5 N–H and O–H groups in total. The second-order valence-corrected chi connectivity index (χ2v) is 12.6. The smallest absolute Gasteiger partial charge is 0.349 e. The normalized spacial score (nSPS) is 16.9. The highest BCUT2D eigenvalue weighted by atomic mass is 35.5. The number of hydrogen-bond acceptors (Lipinski definition) is 9. The Morgan fingerprint density at radius 1 is 1.16 bits per heavy atom. The number of phenolic OH excluding ortho intramolecular Hbond substituents is 1. The molecule has 2 fully saturated rings. The molecule has 18 heteroatoms. The second kappa shape index (κ2) is 11.7. The summed E-state index contributed by atoms with van der Waals surface area (Å²) in [5.41, 5.74) is -5.01. The molecule has 0 bridgehead atoms. The average molecular weight is 661 g/mol. The third-order valence-corrected chi connectivity index (χ3v) is 9.18. The van der Waals surface area contributed by atoms with Crippen molar-refractivity contribution in [3.8, 4) is 22.9 Å². The van der Waals surface area contributed by atoms with E-state index in [1.165, 1.54) is 6.07 Å². The first-order valence-electron chi connectivity index (χ1n) is 12.9. The largest absolute Gasteiger partial charge is 0.507 e. The van der Waals surface area contributed by atoms with E-state index >= 15 is 0 Å². The summed E-state index contributed by atoms with van der Waals surface area (Å²) in [5, 5.41) is 29.4. The summed E-state index contributed by atoms with van der Waals surface area (Å²) >= 11 is 12.6. The third kappa shape index (κ3) is 6.32. The molecule has 0 aliphatic heterocycles. The number of nitrogens with one attached hydrogen (secondary N) is 3. The molecular weight excluding hydrogens is 637 g/mol. The van der Waals surface area contributed by atoms with Crippen molar-refractivity contribution < 1.29 is 32.2 Å². The predicted molar refractivity (Wildman–Crippen MR) is 151 cm³/mol. The number of sulfonamides is 1. The number of ether oxygens (including phenoxy) is 1. The minimum atomic E-state index is -4.39. The minimum absolute atomic E-state index is 0.0591. The van der Waals surface area contributed by atoms with Gasteiger partial charge in [0.2, 0.25) is 10.0 Å². The molecule has 1 heterocycles. The van der Waals surface area contributed by atoms with Gasteiger partial charge in [-0.2, -0.15) is 14.5 Å². The second-order valence-electron chi connectivity index (χ2n) is 10.1. The standard InChI is InChI=1S/C25H24Cl2F2N6O7S/c26-15-9-13(35-24(38)31-22(37)19(32-35)21(28)29)10-16(27)20(15)42-14-5-6-17(36)18(11-14)43(40,41)34-25(7-8-25)23(33-39)30-12-3-1-2-4-12/h5-6,9-12,21,34,36,39H,1-4,7-8H2,(H,30,33)(H,31,37,38). The zero-order valence-corrected chi connectivity index (χ0v) is 24.3. The number of halogens is 4. The van der Waals surface area contributed by atoms with Crippen molar-refractivity contribution in [3.63, 3.8) is 0 Å². The van der Waals surface area contributed by atoms with Gasteiger partial charge in [-0.15, -0.1) is 0 Å². The molecule has 0 saturated heterocycles. The quantitative estimate of drug-likeness (QED) is 0.0984. The van der Waals surface area contributed by atoms with Crippen LogP contribution < -0.4 is 26.0 Å². The fraction of sp³-hybridized carbons (Fsp3) is 0.360. The number of aromatic nitrogens is 3. The van der Waals surface area contributed by atoms with Crippen LogP contribution in [-0.4, -0.2) is 50.9 Å². The molecule has 2 saturated carbocycles. The van der Waals surface area contributed by atoms with Crippen LogP contribution in [0, 0.1) is 0 Å². The Bertz CT molecular complexity index is 1800. The first-order valence-corrected chi connectivity index (χ1v) is 15.1. The number of aromatic amines is 1. The Hall–Kier alpha value is -3.73. The van der Waals surface area contributed by atoms with E-state index in [0.717, 1.165) is 49.9 Å². The van der Waals surface area contributed by atoms with Gasteiger partial charge in [0.05, 0.1) is 21.3 Å². The molecule has 3 aromatic rings. The fourth-order valence-electron chi connectivity index (χ4n) is 4.74. The van der Waals surface area contributed by atoms with Gasteiger partial charge in [-0.25, -0.2) is 22.0 Å². The minimum Gasteiger partial charge on any atom is -0.507 e. The lowest BCUT2D eigenvalue weighted by atomic mass is 10.2. The monoisotopic (exact) mass is 660 g/mol. The van der Waals surface area contributed by atoms with E-state index in [0.29, 0.717) is 17.5 Å². The van der Waals surface area contributed by atoms with Crippen LogP contribution in [0.1, 0.15) is 50.6 Å². The summed E-state index contributed by atoms with van der Waals surface area (Å²) in [6.45, 7) is 0. The summed E-state index contributed by atoms with van der Waals surface area (Å²) in [4.78, 5) is 25.0. The van der Waals surface area contributed by atoms with Crippen LogP contribution in [-0.2, 0) is 10.0 Å². The number of nitrogens with zero attached hydrogens (tertiary/aromatic N) is 3. The van der Waals surface area contributed by atoms with Crippen molar-refractivity contribution in [1.29, 1.82) is 0 Å². The van der Waals surface area contributed by atoms with E-state index in [1.807, 2.05) is 0 Å². The van der Waals surface area contributed by atoms with Gasteiger partial charge in [-0.1, -0.05) is 41.2 Å². The van der Waals surface area contributed by atoms with Crippen molar-refractivity contribution in [2.24, 2.45) is 5.16 Å². The molecule has 13 nitrogen and oxygen atoms in total. The first kappa shape index (κ1) is 30.7. The number of H-pyrrole nitrogens is 1. The Morgan fingerprint density at radius 2 is 1.81 bits per heavy atom. The molecular formula is C25H24Cl2F2N6O7S. The lowest BCUT2D eigenvalue weighted by Crippen LogP contribution is -2.51. The molecule has 0 amide bonds. The number of alkyl halides is 2. The number of aromatic hydroxyl groups is 1. The Morgan fingerprint density at radius 3 is 2.40 bits per heavy atom. The van der Waals surface area contributed by atoms with Crippen LogP contribution in [0.4, 0.5) is 8.78 Å². The predicted octanol–water partition coefficient (Wildman–Crippen LogP) is 3.79. The van der Waals surface area contributed by atoms with Crippen molar-refractivity contribution in [2.45, 2.75) is 61.4 Å². The van der Waals surface area contributed by atoms with Gasteiger partial charge >= 0.3 is 5.69 Å². The van der Waals surface area contributed by atoms with Crippen LogP contribution in [0.2, 0.25) is 10.0 Å². The fourth-order valence-corrected chi connectivity index (χ4v) is 6.83. The van der Waals surface area contributed by atoms with Crippen molar-refractivity contribution in [2.75, 3.05) is 0 Å². The van der Waals surface area contributed by atoms with Gasteiger partial charge < -0.3 is 20.4 Å². The van der Waals surface area contributed by atoms with E-state index in [1.54, 1.807) is 4.98 Å². The number of amidine groups is 1. The van der Waals surface area contributed by atoms with Crippen LogP contribution in [0.15, 0.2) is 50.0 Å². The van der Waals surface area contributed by atoms with E-state index in [-0.39, 0.29) is 39.1 Å². The molecule has 43 heavy (non-hydrogen) atoms. The van der Waals surface area contributed by atoms with Gasteiger partial charge in [0.1, 0.15) is 16.4 Å². The van der Waals surface area contributed by atoms with Crippen LogP contribution >= 0.6 is 23.2 Å². The van der Waals surface area contributed by atoms with Gasteiger partial charge in [-0.05, 0) is 49.9 Å². The lowest BCUT2D eigenvalue weighted by Gasteiger charge is -2.23. The molecule has 2 aliphatic carbocycles. The summed E-state index contributed by atoms with van der Waals surface area (Å²) in [7, 11) is -4.39. The third-order valence-electron chi connectivity index (χ3n) is 7.06. The van der Waals surface area contributed by atoms with Crippen LogP contribution in [0.3, 0.4) is 0 Å². The molecule has 0 spiro atoms. The van der Waals surface area contributed by atoms with Gasteiger partial charge in [0.15, 0.2) is 17.3 Å². The van der Waals surface area contributed by atoms with Crippen LogP contribution in [0.5, 0.6) is 17.2 Å². The molecule has 0 radical (unpaired) electrons. The molecule has 230 valence electrons. The van der Waals surface area contributed by atoms with E-state index in [2.05, 4.69) is 20.3 Å². The molecule has 5 rings (SSSR count). The molecule has 2 aliphatic rings. The number of rotatable bonds is 9. The highest BCUT2D eigenvalue weighted by Gasteiger charge is 2.52. The summed E-state index contributed by atoms with van der Waals surface area (Å²) < 4.78 is 61.7. The Balaban J connectivity index is 1.41. The zero-order valence-electron chi connectivity index (χ0n) is 22.0. The summed E-state index contributed by atoms with van der Waals surface area (Å²) in [5.74, 6) is -0.799. The topological polar surface area (TPSA) is 188 Å². The van der Waals surface area contributed by atoms with Crippen molar-refractivity contribution in [3.05, 3.63) is 66.9 Å². The van der Waals surface area contributed by atoms with Crippen molar-refractivity contribution in [1.82, 2.24) is 24.8 Å². The van der Waals surface area contributed by atoms with Gasteiger partial charge in [0, 0.05) is 12.1 Å². The van der Waals surface area contributed by atoms with Crippen LogP contribution in [0.25, 0.3) is 5.69 Å². The number of benzene rings is 2. The zero-order chi connectivity index (χ0) is 31.1. The maximum absolute atomic E-state index is 13.4.